The standard InChI is InChI=1S/C24H28N2O3/c1-16(2)17-4-6-18(7-5-17)24(27)26-20-9-12-21(13-10-20)29-22-11-8-19(15-25)23(14-22)28-3/h4-8,11,14,16,20-21H,9-10,12-13H2,1-3H3,(H,26,27). The minimum absolute atomic E-state index is 0.0125. The molecule has 152 valence electrons. The number of hydrogen-bond donors (Lipinski definition) is 1. The molecule has 1 N–H and O–H groups in total. The SMILES string of the molecule is COc1cc(OC2CCC(NC(=O)c3ccc(C(C)C)cc3)CC2)ccc1C#N. The molecule has 3 rings (SSSR count). The molecule has 0 aliphatic heterocycles. The van der Waals surface area contributed by atoms with Crippen LogP contribution in [0.3, 0.4) is 0 Å². The van der Waals surface area contributed by atoms with Crippen molar-refractivity contribution in [2.24, 2.45) is 0 Å². The van der Waals surface area contributed by atoms with E-state index in [4.69, 9.17) is 14.7 Å². The molecule has 1 amide bonds. The topological polar surface area (TPSA) is 71.3 Å². The molecule has 2 aromatic carbocycles. The van der Waals surface area contributed by atoms with Crippen LogP contribution in [0, 0.1) is 11.3 Å². The third-order valence-corrected chi connectivity index (χ3v) is 5.45. The normalized spacial score (nSPS) is 18.7. The Kier molecular flexibility index (Phi) is 6.77. The van der Waals surface area contributed by atoms with Crippen LogP contribution >= 0.6 is 0 Å². The third-order valence-electron chi connectivity index (χ3n) is 5.45. The van der Waals surface area contributed by atoms with E-state index in [9.17, 15) is 4.79 Å². The number of rotatable bonds is 6. The van der Waals surface area contributed by atoms with Gasteiger partial charge in [0.1, 0.15) is 17.6 Å². The lowest BCUT2D eigenvalue weighted by Crippen LogP contribution is -2.39. The van der Waals surface area contributed by atoms with E-state index in [1.807, 2.05) is 24.3 Å². The molecule has 29 heavy (non-hydrogen) atoms. The summed E-state index contributed by atoms with van der Waals surface area (Å²) >= 11 is 0. The first kappa shape index (κ1) is 20.7. The first-order valence-corrected chi connectivity index (χ1v) is 10.2. The highest BCUT2D eigenvalue weighted by Crippen LogP contribution is 2.28. The van der Waals surface area contributed by atoms with E-state index < -0.39 is 0 Å². The second-order valence-electron chi connectivity index (χ2n) is 7.82. The van der Waals surface area contributed by atoms with Gasteiger partial charge in [-0.3, -0.25) is 4.79 Å². The molecule has 0 unspecified atom stereocenters. The second-order valence-corrected chi connectivity index (χ2v) is 7.82. The Morgan fingerprint density at radius 1 is 1.10 bits per heavy atom. The van der Waals surface area contributed by atoms with Gasteiger partial charge in [0.25, 0.3) is 5.91 Å². The first-order chi connectivity index (χ1) is 14.0. The van der Waals surface area contributed by atoms with Crippen molar-refractivity contribution in [1.29, 1.82) is 5.26 Å². The zero-order valence-electron chi connectivity index (χ0n) is 17.3. The summed E-state index contributed by atoms with van der Waals surface area (Å²) in [6, 6.07) is 15.4. The van der Waals surface area contributed by atoms with Gasteiger partial charge in [-0.1, -0.05) is 26.0 Å². The maximum atomic E-state index is 12.5. The number of benzene rings is 2. The van der Waals surface area contributed by atoms with Gasteiger partial charge >= 0.3 is 0 Å². The Labute approximate surface area is 172 Å². The van der Waals surface area contributed by atoms with Gasteiger partial charge in [-0.05, 0) is 61.4 Å². The number of hydrogen-bond acceptors (Lipinski definition) is 4. The van der Waals surface area contributed by atoms with E-state index >= 15 is 0 Å². The Morgan fingerprint density at radius 2 is 1.79 bits per heavy atom. The van der Waals surface area contributed by atoms with Gasteiger partial charge in [0, 0.05) is 17.7 Å². The van der Waals surface area contributed by atoms with Crippen LogP contribution in [0.2, 0.25) is 0 Å². The average Bonchev–Trinajstić information content (AvgIpc) is 2.75. The molecule has 5 heteroatoms. The van der Waals surface area contributed by atoms with Crippen molar-refractivity contribution in [3.8, 4) is 17.6 Å². The van der Waals surface area contributed by atoms with Gasteiger partial charge in [-0.2, -0.15) is 5.26 Å². The summed E-state index contributed by atoms with van der Waals surface area (Å²) in [4.78, 5) is 12.5. The molecule has 0 aromatic heterocycles. The van der Waals surface area contributed by atoms with E-state index in [0.717, 1.165) is 25.7 Å². The number of methoxy groups -OCH3 is 1. The predicted octanol–water partition coefficient (Wildman–Crippen LogP) is 4.81. The molecule has 0 bridgehead atoms. The summed E-state index contributed by atoms with van der Waals surface area (Å²) in [5.41, 5.74) is 2.43. The molecular formula is C24H28N2O3. The van der Waals surface area contributed by atoms with Crippen molar-refractivity contribution in [2.75, 3.05) is 7.11 Å². The fourth-order valence-corrected chi connectivity index (χ4v) is 3.64. The van der Waals surface area contributed by atoms with Gasteiger partial charge in [0.2, 0.25) is 0 Å². The van der Waals surface area contributed by atoms with Crippen molar-refractivity contribution < 1.29 is 14.3 Å². The van der Waals surface area contributed by atoms with Crippen LogP contribution in [0.25, 0.3) is 0 Å². The van der Waals surface area contributed by atoms with Crippen molar-refractivity contribution in [2.45, 2.75) is 57.6 Å². The fraction of sp³-hybridized carbons (Fsp3) is 0.417. The van der Waals surface area contributed by atoms with E-state index in [2.05, 4.69) is 25.2 Å². The molecule has 1 aliphatic carbocycles. The van der Waals surface area contributed by atoms with E-state index in [1.54, 1.807) is 25.3 Å². The Bertz CT molecular complexity index is 876. The van der Waals surface area contributed by atoms with Crippen LogP contribution < -0.4 is 14.8 Å². The zero-order valence-corrected chi connectivity index (χ0v) is 17.3. The average molecular weight is 392 g/mol. The molecular weight excluding hydrogens is 364 g/mol. The minimum atomic E-state index is -0.0125. The van der Waals surface area contributed by atoms with Crippen LogP contribution in [0.4, 0.5) is 0 Å². The molecule has 5 nitrogen and oxygen atoms in total. The number of ether oxygens (including phenoxy) is 2. The number of nitrogens with one attached hydrogen (secondary N) is 1. The first-order valence-electron chi connectivity index (χ1n) is 10.2. The maximum absolute atomic E-state index is 12.5. The van der Waals surface area contributed by atoms with Crippen LogP contribution in [-0.2, 0) is 0 Å². The molecule has 2 aromatic rings. The molecule has 0 atom stereocenters. The lowest BCUT2D eigenvalue weighted by Gasteiger charge is -2.29. The Morgan fingerprint density at radius 3 is 2.38 bits per heavy atom. The second kappa shape index (κ2) is 9.47. The highest BCUT2D eigenvalue weighted by molar-refractivity contribution is 5.94. The minimum Gasteiger partial charge on any atom is -0.495 e. The number of nitriles is 1. The Hall–Kier alpha value is -3.00. The van der Waals surface area contributed by atoms with Gasteiger partial charge in [0.05, 0.1) is 18.8 Å². The van der Waals surface area contributed by atoms with Crippen LogP contribution in [0.15, 0.2) is 42.5 Å². The highest BCUT2D eigenvalue weighted by Gasteiger charge is 2.24. The monoisotopic (exact) mass is 392 g/mol. The van der Waals surface area contributed by atoms with E-state index in [0.29, 0.717) is 28.5 Å². The zero-order chi connectivity index (χ0) is 20.8. The lowest BCUT2D eigenvalue weighted by atomic mass is 9.92. The molecule has 0 radical (unpaired) electrons. The molecule has 1 fully saturated rings. The van der Waals surface area contributed by atoms with Crippen molar-refractivity contribution >= 4 is 5.91 Å². The number of nitrogens with zero attached hydrogens (tertiary/aromatic N) is 1. The summed E-state index contributed by atoms with van der Waals surface area (Å²) in [7, 11) is 1.55. The largest absolute Gasteiger partial charge is 0.495 e. The van der Waals surface area contributed by atoms with E-state index in [1.165, 1.54) is 5.56 Å². The van der Waals surface area contributed by atoms with Crippen LogP contribution in [0.5, 0.6) is 11.5 Å². The Balaban J connectivity index is 1.50. The van der Waals surface area contributed by atoms with Crippen molar-refractivity contribution in [3.05, 3.63) is 59.2 Å². The number of carbonyl (C=O) groups is 1. The number of carbonyl (C=O) groups excluding carboxylic acids is 1. The maximum Gasteiger partial charge on any atom is 0.251 e. The highest BCUT2D eigenvalue weighted by atomic mass is 16.5. The summed E-state index contributed by atoms with van der Waals surface area (Å²) < 4.78 is 11.3. The molecule has 0 spiro atoms. The summed E-state index contributed by atoms with van der Waals surface area (Å²) in [5, 5.41) is 12.2. The molecule has 0 saturated heterocycles. The fourth-order valence-electron chi connectivity index (χ4n) is 3.64. The van der Waals surface area contributed by atoms with Crippen molar-refractivity contribution in [3.63, 3.8) is 0 Å². The van der Waals surface area contributed by atoms with Gasteiger partial charge in [-0.25, -0.2) is 0 Å². The number of amides is 1. The molecule has 1 saturated carbocycles. The summed E-state index contributed by atoms with van der Waals surface area (Å²) in [6.45, 7) is 4.28. The molecule has 1 aliphatic rings. The predicted molar refractivity (Wildman–Crippen MR) is 112 cm³/mol. The third kappa shape index (κ3) is 5.29. The van der Waals surface area contributed by atoms with Gasteiger partial charge in [-0.15, -0.1) is 0 Å². The van der Waals surface area contributed by atoms with Crippen molar-refractivity contribution in [1.82, 2.24) is 5.32 Å². The summed E-state index contributed by atoms with van der Waals surface area (Å²) in [6.07, 6.45) is 3.62. The van der Waals surface area contributed by atoms with Crippen LogP contribution in [-0.4, -0.2) is 25.2 Å². The van der Waals surface area contributed by atoms with E-state index in [-0.39, 0.29) is 18.1 Å². The van der Waals surface area contributed by atoms with Gasteiger partial charge < -0.3 is 14.8 Å². The quantitative estimate of drug-likeness (QED) is 0.766. The van der Waals surface area contributed by atoms with Crippen LogP contribution in [0.1, 0.15) is 66.9 Å². The smallest absolute Gasteiger partial charge is 0.251 e. The molecule has 0 heterocycles. The summed E-state index contributed by atoms with van der Waals surface area (Å²) in [5.74, 6) is 1.67. The van der Waals surface area contributed by atoms with Gasteiger partial charge in [0.15, 0.2) is 0 Å². The lowest BCUT2D eigenvalue weighted by molar-refractivity contribution is 0.0893.